The highest BCUT2D eigenvalue weighted by atomic mass is 19.4. The molecule has 0 amide bonds. The lowest BCUT2D eigenvalue weighted by Crippen LogP contribution is -2.18. The minimum Gasteiger partial charge on any atom is -0.405 e. The van der Waals surface area contributed by atoms with Crippen LogP contribution in [0.15, 0.2) is 60.8 Å². The van der Waals surface area contributed by atoms with Gasteiger partial charge in [0.05, 0.1) is 0 Å². The number of hydrogen-bond donors (Lipinski definition) is 0. The van der Waals surface area contributed by atoms with E-state index in [0.717, 1.165) is 18.3 Å². The van der Waals surface area contributed by atoms with Crippen LogP contribution in [0.2, 0.25) is 0 Å². The van der Waals surface area contributed by atoms with Crippen LogP contribution in [0.3, 0.4) is 0 Å². The first kappa shape index (κ1) is 21.2. The molecule has 1 heterocycles. The molecular weight excluding hydrogens is 416 g/mol. The van der Waals surface area contributed by atoms with Crippen molar-refractivity contribution in [3.8, 4) is 33.8 Å². The number of carbonyl (C=O) groups is 1. The number of carbonyl (C=O) groups excluding carboxylic acids is 1. The number of nitrogens with zero attached hydrogens (tertiary/aromatic N) is 1. The molecule has 0 aliphatic rings. The third kappa shape index (κ3) is 5.07. The maximum Gasteiger partial charge on any atom is 0.573 e. The molecular formula is C20H11F6NO3. The summed E-state index contributed by atoms with van der Waals surface area (Å²) in [5.74, 6) is -1.12. The zero-order valence-electron chi connectivity index (χ0n) is 14.8. The Morgan fingerprint density at radius 1 is 0.733 bits per heavy atom. The standard InChI is InChI=1S/C20H11F6NO3/c21-19(22,23)29-17-7-3-1-5-13(17)12-9-15(16(11-28)27-10-12)14-6-2-4-8-18(14)30-20(24,25)26/h1-11H. The van der Waals surface area contributed by atoms with Crippen LogP contribution in [0.4, 0.5) is 26.3 Å². The molecule has 0 aliphatic carbocycles. The van der Waals surface area contributed by atoms with Crippen LogP contribution in [-0.4, -0.2) is 24.0 Å². The first-order chi connectivity index (χ1) is 14.1. The molecule has 0 aliphatic heterocycles. The number of rotatable bonds is 5. The molecule has 0 spiro atoms. The van der Waals surface area contributed by atoms with Crippen LogP contribution in [0.5, 0.6) is 11.5 Å². The topological polar surface area (TPSA) is 48.4 Å². The molecule has 3 aromatic rings. The van der Waals surface area contributed by atoms with Crippen molar-refractivity contribution in [3.63, 3.8) is 0 Å². The molecule has 2 aromatic carbocycles. The highest BCUT2D eigenvalue weighted by molar-refractivity contribution is 5.89. The van der Waals surface area contributed by atoms with Gasteiger partial charge in [-0.15, -0.1) is 26.3 Å². The molecule has 3 rings (SSSR count). The van der Waals surface area contributed by atoms with Crippen molar-refractivity contribution in [1.29, 1.82) is 0 Å². The Kier molecular flexibility index (Phi) is 5.68. The van der Waals surface area contributed by atoms with Crippen molar-refractivity contribution in [2.24, 2.45) is 0 Å². The van der Waals surface area contributed by atoms with Crippen molar-refractivity contribution in [2.75, 3.05) is 0 Å². The number of ether oxygens (including phenoxy) is 2. The van der Waals surface area contributed by atoms with Gasteiger partial charge in [0.15, 0.2) is 6.29 Å². The summed E-state index contributed by atoms with van der Waals surface area (Å²) >= 11 is 0. The molecule has 0 saturated carbocycles. The first-order valence-electron chi connectivity index (χ1n) is 8.23. The van der Waals surface area contributed by atoms with E-state index in [1.54, 1.807) is 0 Å². The summed E-state index contributed by atoms with van der Waals surface area (Å²) in [7, 11) is 0. The lowest BCUT2D eigenvalue weighted by atomic mass is 9.98. The van der Waals surface area contributed by atoms with E-state index in [0.29, 0.717) is 6.29 Å². The van der Waals surface area contributed by atoms with E-state index in [4.69, 9.17) is 0 Å². The van der Waals surface area contributed by atoms with E-state index in [1.807, 2.05) is 0 Å². The molecule has 30 heavy (non-hydrogen) atoms. The van der Waals surface area contributed by atoms with Gasteiger partial charge in [-0.1, -0.05) is 36.4 Å². The second-order valence-corrected chi connectivity index (χ2v) is 5.86. The van der Waals surface area contributed by atoms with E-state index in [2.05, 4.69) is 14.5 Å². The molecule has 10 heteroatoms. The minimum absolute atomic E-state index is 0.0183. The summed E-state index contributed by atoms with van der Waals surface area (Å²) < 4.78 is 84.4. The molecule has 0 unspecified atom stereocenters. The summed E-state index contributed by atoms with van der Waals surface area (Å²) in [4.78, 5) is 15.3. The SMILES string of the molecule is O=Cc1ncc(-c2ccccc2OC(F)(F)F)cc1-c1ccccc1OC(F)(F)F. The number of aromatic nitrogens is 1. The van der Waals surface area contributed by atoms with Crippen LogP contribution in [0.25, 0.3) is 22.3 Å². The number of hydrogen-bond acceptors (Lipinski definition) is 4. The third-order valence-corrected chi connectivity index (χ3v) is 3.86. The summed E-state index contributed by atoms with van der Waals surface area (Å²) in [5.41, 5.74) is -0.302. The molecule has 0 radical (unpaired) electrons. The van der Waals surface area contributed by atoms with Crippen molar-refractivity contribution in [1.82, 2.24) is 4.98 Å². The lowest BCUT2D eigenvalue weighted by Gasteiger charge is -2.16. The van der Waals surface area contributed by atoms with Gasteiger partial charge in [-0.05, 0) is 18.2 Å². The van der Waals surface area contributed by atoms with E-state index in [9.17, 15) is 31.1 Å². The molecule has 0 fully saturated rings. The van der Waals surface area contributed by atoms with Gasteiger partial charge in [-0.2, -0.15) is 0 Å². The second kappa shape index (κ2) is 8.05. The second-order valence-electron chi connectivity index (χ2n) is 5.86. The van der Waals surface area contributed by atoms with Gasteiger partial charge in [-0.25, -0.2) is 0 Å². The maximum atomic E-state index is 12.7. The Morgan fingerprint density at radius 2 is 1.23 bits per heavy atom. The Hall–Kier alpha value is -3.56. The number of halogens is 6. The average Bonchev–Trinajstić information content (AvgIpc) is 2.66. The van der Waals surface area contributed by atoms with Gasteiger partial charge in [0, 0.05) is 28.5 Å². The largest absolute Gasteiger partial charge is 0.573 e. The summed E-state index contributed by atoms with van der Waals surface area (Å²) in [6.07, 6.45) is -8.50. The summed E-state index contributed by atoms with van der Waals surface area (Å²) in [6, 6.07) is 11.5. The molecule has 0 saturated heterocycles. The number of benzene rings is 2. The van der Waals surface area contributed by atoms with Crippen molar-refractivity contribution >= 4 is 6.29 Å². The molecule has 156 valence electrons. The number of aldehydes is 1. The Labute approximate surface area is 165 Å². The zero-order chi connectivity index (χ0) is 21.9. The Morgan fingerprint density at radius 3 is 1.77 bits per heavy atom. The highest BCUT2D eigenvalue weighted by Crippen LogP contribution is 2.39. The van der Waals surface area contributed by atoms with Gasteiger partial charge in [0.1, 0.15) is 17.2 Å². The molecule has 4 nitrogen and oxygen atoms in total. The van der Waals surface area contributed by atoms with E-state index >= 15 is 0 Å². The zero-order valence-corrected chi connectivity index (χ0v) is 14.8. The fraction of sp³-hybridized carbons (Fsp3) is 0.100. The summed E-state index contributed by atoms with van der Waals surface area (Å²) in [6.45, 7) is 0. The Bertz CT molecular complexity index is 1060. The molecule has 0 bridgehead atoms. The van der Waals surface area contributed by atoms with Crippen LogP contribution in [-0.2, 0) is 0 Å². The van der Waals surface area contributed by atoms with Crippen LogP contribution < -0.4 is 9.47 Å². The lowest BCUT2D eigenvalue weighted by molar-refractivity contribution is -0.275. The number of para-hydroxylation sites is 2. The van der Waals surface area contributed by atoms with Crippen LogP contribution in [0.1, 0.15) is 10.5 Å². The van der Waals surface area contributed by atoms with E-state index in [-0.39, 0.29) is 27.9 Å². The van der Waals surface area contributed by atoms with Crippen molar-refractivity contribution in [2.45, 2.75) is 12.7 Å². The van der Waals surface area contributed by atoms with E-state index in [1.165, 1.54) is 42.5 Å². The average molecular weight is 427 g/mol. The predicted molar refractivity (Wildman–Crippen MR) is 93.9 cm³/mol. The third-order valence-electron chi connectivity index (χ3n) is 3.86. The molecule has 1 aromatic heterocycles. The van der Waals surface area contributed by atoms with Crippen LogP contribution in [0, 0.1) is 0 Å². The van der Waals surface area contributed by atoms with Crippen molar-refractivity contribution < 1.29 is 40.6 Å². The van der Waals surface area contributed by atoms with Gasteiger partial charge in [0.25, 0.3) is 0 Å². The Balaban J connectivity index is 2.16. The van der Waals surface area contributed by atoms with Gasteiger partial charge in [0.2, 0.25) is 0 Å². The predicted octanol–water partition coefficient (Wildman–Crippen LogP) is 6.03. The first-order valence-corrected chi connectivity index (χ1v) is 8.23. The quantitative estimate of drug-likeness (QED) is 0.369. The monoisotopic (exact) mass is 427 g/mol. The fourth-order valence-electron chi connectivity index (χ4n) is 2.75. The minimum atomic E-state index is -4.99. The number of alkyl halides is 6. The van der Waals surface area contributed by atoms with Gasteiger partial charge >= 0.3 is 12.7 Å². The fourth-order valence-corrected chi connectivity index (χ4v) is 2.75. The smallest absolute Gasteiger partial charge is 0.405 e. The highest BCUT2D eigenvalue weighted by Gasteiger charge is 2.33. The van der Waals surface area contributed by atoms with Gasteiger partial charge in [-0.3, -0.25) is 9.78 Å². The number of pyridine rings is 1. The maximum absolute atomic E-state index is 12.7. The normalized spacial score (nSPS) is 11.8. The van der Waals surface area contributed by atoms with E-state index < -0.39 is 24.2 Å². The van der Waals surface area contributed by atoms with Crippen LogP contribution >= 0.6 is 0 Å². The summed E-state index contributed by atoms with van der Waals surface area (Å²) in [5, 5.41) is 0. The van der Waals surface area contributed by atoms with Gasteiger partial charge < -0.3 is 9.47 Å². The van der Waals surface area contributed by atoms with Crippen molar-refractivity contribution in [3.05, 3.63) is 66.5 Å². The molecule has 0 atom stereocenters. The molecule has 0 N–H and O–H groups in total.